The first-order valence-corrected chi connectivity index (χ1v) is 8.16. The zero-order chi connectivity index (χ0) is 17.4. The van der Waals surface area contributed by atoms with Gasteiger partial charge in [0, 0.05) is 34.2 Å². The highest BCUT2D eigenvalue weighted by molar-refractivity contribution is 6.12. The Morgan fingerprint density at radius 3 is 2.72 bits per heavy atom. The number of H-pyrrole nitrogens is 1. The van der Waals surface area contributed by atoms with E-state index in [1.54, 1.807) is 18.5 Å². The van der Waals surface area contributed by atoms with Crippen molar-refractivity contribution in [1.82, 2.24) is 15.0 Å². The van der Waals surface area contributed by atoms with Crippen LogP contribution >= 0.6 is 0 Å². The molecule has 3 heterocycles. The number of nitrogens with zero attached hydrogens (tertiary/aromatic N) is 2. The Kier molecular flexibility index (Phi) is 3.69. The predicted molar refractivity (Wildman–Crippen MR) is 97.4 cm³/mol. The molecule has 0 spiro atoms. The van der Waals surface area contributed by atoms with Gasteiger partial charge < -0.3 is 9.72 Å². The Morgan fingerprint density at radius 1 is 1.12 bits per heavy atom. The maximum Gasteiger partial charge on any atom is 0.357 e. The number of ether oxygens (including phenoxy) is 1. The molecule has 0 atom stereocenters. The van der Waals surface area contributed by atoms with Crippen LogP contribution in [0, 0.1) is 0 Å². The lowest BCUT2D eigenvalue weighted by atomic mass is 10.1. The van der Waals surface area contributed by atoms with Crippen LogP contribution in [0.5, 0.6) is 0 Å². The van der Waals surface area contributed by atoms with Gasteiger partial charge in [-0.25, -0.2) is 9.78 Å². The number of rotatable bonds is 3. The van der Waals surface area contributed by atoms with Crippen molar-refractivity contribution in [3.63, 3.8) is 0 Å². The largest absolute Gasteiger partial charge is 0.458 e. The number of nitrogens with one attached hydrogen (secondary N) is 1. The lowest BCUT2D eigenvalue weighted by Crippen LogP contribution is -2.13. The molecule has 124 valence electrons. The Balaban J connectivity index is 2.02. The van der Waals surface area contributed by atoms with Gasteiger partial charge in [-0.3, -0.25) is 4.98 Å². The average Bonchev–Trinajstić information content (AvgIpc) is 3.00. The van der Waals surface area contributed by atoms with E-state index >= 15 is 0 Å². The van der Waals surface area contributed by atoms with E-state index in [4.69, 9.17) is 4.74 Å². The van der Waals surface area contributed by atoms with Crippen molar-refractivity contribution < 1.29 is 9.53 Å². The molecule has 4 aromatic rings. The van der Waals surface area contributed by atoms with Gasteiger partial charge in [0.2, 0.25) is 0 Å². The zero-order valence-electron chi connectivity index (χ0n) is 14.0. The molecular weight excluding hydrogens is 314 g/mol. The summed E-state index contributed by atoms with van der Waals surface area (Å²) in [6, 6.07) is 13.6. The molecule has 4 rings (SSSR count). The second-order valence-electron chi connectivity index (χ2n) is 6.15. The second-order valence-corrected chi connectivity index (χ2v) is 6.15. The number of carbonyl (C=O) groups excluding carboxylic acids is 1. The quantitative estimate of drug-likeness (QED) is 0.567. The topological polar surface area (TPSA) is 67.9 Å². The van der Waals surface area contributed by atoms with Crippen molar-refractivity contribution >= 4 is 27.8 Å². The molecule has 0 aliphatic carbocycles. The summed E-state index contributed by atoms with van der Waals surface area (Å²) in [5.41, 5.74) is 3.72. The van der Waals surface area contributed by atoms with E-state index in [0.29, 0.717) is 11.4 Å². The van der Waals surface area contributed by atoms with Gasteiger partial charge in [0.15, 0.2) is 0 Å². The van der Waals surface area contributed by atoms with Crippen LogP contribution in [0.2, 0.25) is 0 Å². The number of aromatic nitrogens is 3. The van der Waals surface area contributed by atoms with Crippen LogP contribution in [0.15, 0.2) is 54.9 Å². The van der Waals surface area contributed by atoms with Crippen LogP contribution in [-0.2, 0) is 4.74 Å². The number of carbonyl (C=O) groups is 1. The molecule has 1 aromatic carbocycles. The maximum atomic E-state index is 12.4. The van der Waals surface area contributed by atoms with Crippen molar-refractivity contribution in [2.45, 2.75) is 20.0 Å². The van der Waals surface area contributed by atoms with Gasteiger partial charge in [-0.15, -0.1) is 0 Å². The Morgan fingerprint density at radius 2 is 1.96 bits per heavy atom. The monoisotopic (exact) mass is 331 g/mol. The van der Waals surface area contributed by atoms with E-state index < -0.39 is 5.97 Å². The summed E-state index contributed by atoms with van der Waals surface area (Å²) in [5, 5.41) is 1.99. The van der Waals surface area contributed by atoms with Crippen molar-refractivity contribution in [3.05, 3.63) is 60.6 Å². The van der Waals surface area contributed by atoms with Gasteiger partial charge in [-0.05, 0) is 38.1 Å². The van der Waals surface area contributed by atoms with Crippen molar-refractivity contribution in [2.75, 3.05) is 0 Å². The first-order chi connectivity index (χ1) is 12.1. The molecule has 0 saturated heterocycles. The van der Waals surface area contributed by atoms with Gasteiger partial charge in [0.05, 0.1) is 17.3 Å². The lowest BCUT2D eigenvalue weighted by Gasteiger charge is -2.09. The minimum Gasteiger partial charge on any atom is -0.458 e. The predicted octanol–water partition coefficient (Wildman–Crippen LogP) is 4.34. The first-order valence-electron chi connectivity index (χ1n) is 8.16. The molecule has 0 aliphatic rings. The summed E-state index contributed by atoms with van der Waals surface area (Å²) in [6.07, 6.45) is 3.25. The molecule has 0 bridgehead atoms. The Labute approximate surface area is 144 Å². The minimum absolute atomic E-state index is 0.199. The van der Waals surface area contributed by atoms with Crippen molar-refractivity contribution in [2.24, 2.45) is 0 Å². The SMILES string of the molecule is CC(C)OC(=O)c1cc2c([nH]c3ccccc32)c(-c2cccnc2)n1. The average molecular weight is 331 g/mol. The number of para-hydroxylation sites is 1. The molecule has 5 heteroatoms. The van der Waals surface area contributed by atoms with Crippen LogP contribution in [-0.4, -0.2) is 27.0 Å². The molecule has 0 amide bonds. The van der Waals surface area contributed by atoms with Gasteiger partial charge in [-0.2, -0.15) is 0 Å². The highest BCUT2D eigenvalue weighted by Crippen LogP contribution is 2.32. The third kappa shape index (κ3) is 2.74. The number of fused-ring (bicyclic) bond motifs is 3. The fourth-order valence-electron chi connectivity index (χ4n) is 2.94. The summed E-state index contributed by atoms with van der Waals surface area (Å²) in [5.74, 6) is -0.424. The number of aromatic amines is 1. The summed E-state index contributed by atoms with van der Waals surface area (Å²) >= 11 is 0. The van der Waals surface area contributed by atoms with E-state index in [1.165, 1.54) is 0 Å². The first kappa shape index (κ1) is 15.3. The molecule has 0 unspecified atom stereocenters. The summed E-state index contributed by atoms with van der Waals surface area (Å²) in [4.78, 5) is 24.6. The van der Waals surface area contributed by atoms with Gasteiger partial charge in [-0.1, -0.05) is 18.2 Å². The normalized spacial score (nSPS) is 11.3. The molecule has 0 radical (unpaired) electrons. The third-order valence-electron chi connectivity index (χ3n) is 3.98. The van der Waals surface area contributed by atoms with Crippen molar-refractivity contribution in [3.8, 4) is 11.3 Å². The smallest absolute Gasteiger partial charge is 0.357 e. The number of esters is 1. The molecule has 0 fully saturated rings. The standard InChI is InChI=1S/C20H17N3O2/c1-12(2)25-20(24)17-10-15-14-7-3-4-8-16(14)22-19(15)18(23-17)13-6-5-9-21-11-13/h3-12,22H,1-2H3. The van der Waals surface area contributed by atoms with Crippen LogP contribution in [0.3, 0.4) is 0 Å². The fourth-order valence-corrected chi connectivity index (χ4v) is 2.94. The molecule has 1 N–H and O–H groups in total. The van der Waals surface area contributed by atoms with E-state index in [-0.39, 0.29) is 6.10 Å². The van der Waals surface area contributed by atoms with Gasteiger partial charge in [0.25, 0.3) is 0 Å². The van der Waals surface area contributed by atoms with E-state index in [9.17, 15) is 4.79 Å². The molecule has 0 aliphatic heterocycles. The zero-order valence-corrected chi connectivity index (χ0v) is 14.0. The minimum atomic E-state index is -0.424. The number of pyridine rings is 2. The summed E-state index contributed by atoms with van der Waals surface area (Å²) < 4.78 is 5.34. The van der Waals surface area contributed by atoms with Crippen LogP contribution in [0.25, 0.3) is 33.1 Å². The second kappa shape index (κ2) is 6.02. The number of benzene rings is 1. The van der Waals surface area contributed by atoms with Crippen LogP contribution in [0.4, 0.5) is 0 Å². The highest BCUT2D eigenvalue weighted by Gasteiger charge is 2.18. The summed E-state index contributed by atoms with van der Waals surface area (Å²) in [7, 11) is 0. The van der Waals surface area contributed by atoms with Gasteiger partial charge in [0.1, 0.15) is 5.69 Å². The maximum absolute atomic E-state index is 12.4. The van der Waals surface area contributed by atoms with E-state index in [1.807, 2.05) is 50.2 Å². The van der Waals surface area contributed by atoms with Gasteiger partial charge >= 0.3 is 5.97 Å². The lowest BCUT2D eigenvalue weighted by molar-refractivity contribution is 0.0371. The third-order valence-corrected chi connectivity index (χ3v) is 3.98. The van der Waals surface area contributed by atoms with Crippen LogP contribution < -0.4 is 0 Å². The van der Waals surface area contributed by atoms with E-state index in [0.717, 1.165) is 27.4 Å². The Bertz CT molecular complexity index is 1070. The Hall–Kier alpha value is -3.21. The summed E-state index contributed by atoms with van der Waals surface area (Å²) in [6.45, 7) is 3.65. The van der Waals surface area contributed by atoms with E-state index in [2.05, 4.69) is 15.0 Å². The molecule has 0 saturated carbocycles. The number of hydrogen-bond donors (Lipinski definition) is 1. The number of hydrogen-bond acceptors (Lipinski definition) is 4. The highest BCUT2D eigenvalue weighted by atomic mass is 16.5. The molecule has 3 aromatic heterocycles. The molecule has 25 heavy (non-hydrogen) atoms. The molecule has 5 nitrogen and oxygen atoms in total. The molecular formula is C20H17N3O2. The van der Waals surface area contributed by atoms with Crippen LogP contribution in [0.1, 0.15) is 24.3 Å². The van der Waals surface area contributed by atoms with Crippen molar-refractivity contribution in [1.29, 1.82) is 0 Å². The fraction of sp³-hybridized carbons (Fsp3) is 0.150.